The summed E-state index contributed by atoms with van der Waals surface area (Å²) in [5.41, 5.74) is 9.96. The number of anilines is 1. The number of aromatic nitrogens is 1. The Morgan fingerprint density at radius 2 is 2.00 bits per heavy atom. The predicted molar refractivity (Wildman–Crippen MR) is 55.1 cm³/mol. The zero-order valence-electron chi connectivity index (χ0n) is 8.79. The molecular formula is C10H15N3O. The van der Waals surface area contributed by atoms with Crippen LogP contribution in [0.2, 0.25) is 0 Å². The molecule has 1 aromatic heterocycles. The van der Waals surface area contributed by atoms with E-state index in [-0.39, 0.29) is 0 Å². The molecule has 2 heterocycles. The lowest BCUT2D eigenvalue weighted by Gasteiger charge is -2.09. The molecule has 4 nitrogen and oxygen atoms in total. The summed E-state index contributed by atoms with van der Waals surface area (Å²) in [6, 6.07) is 0. The maximum absolute atomic E-state index is 5.98. The summed E-state index contributed by atoms with van der Waals surface area (Å²) in [6.45, 7) is 3.67. The van der Waals surface area contributed by atoms with Gasteiger partial charge in [-0.2, -0.15) is 0 Å². The van der Waals surface area contributed by atoms with Crippen LogP contribution in [0.25, 0.3) is 0 Å². The van der Waals surface area contributed by atoms with Crippen molar-refractivity contribution in [2.24, 2.45) is 0 Å². The van der Waals surface area contributed by atoms with Gasteiger partial charge < -0.3 is 10.5 Å². The zero-order chi connectivity index (χ0) is 10.3. The molecule has 0 unspecified atom stereocenters. The fraction of sp³-hybridized carbons (Fsp3) is 0.500. The number of aryl methyl sites for hydroxylation is 1. The molecule has 0 fully saturated rings. The molecule has 0 bridgehead atoms. The third kappa shape index (κ3) is 1.23. The van der Waals surface area contributed by atoms with Crippen molar-refractivity contribution in [1.82, 2.24) is 9.88 Å². The molecular weight excluding hydrogens is 178 g/mol. The van der Waals surface area contributed by atoms with E-state index in [1.807, 2.05) is 6.92 Å². The topological polar surface area (TPSA) is 51.4 Å². The van der Waals surface area contributed by atoms with Gasteiger partial charge in [0.2, 0.25) is 5.88 Å². The predicted octanol–water partition coefficient (Wildman–Crippen LogP) is 0.926. The molecule has 1 aromatic rings. The van der Waals surface area contributed by atoms with Crippen LogP contribution in [0.5, 0.6) is 5.88 Å². The average Bonchev–Trinajstić information content (AvgIpc) is 2.54. The number of rotatable bonds is 1. The molecule has 0 spiro atoms. The Bertz CT molecular complexity index is 376. The molecule has 2 N–H and O–H groups in total. The summed E-state index contributed by atoms with van der Waals surface area (Å²) < 4.78 is 5.25. The molecule has 0 amide bonds. The fourth-order valence-electron chi connectivity index (χ4n) is 1.90. The summed E-state index contributed by atoms with van der Waals surface area (Å²) in [7, 11) is 3.71. The SMILES string of the molecule is COc1nc(C)c(N)c2c1CN(C)C2. The van der Waals surface area contributed by atoms with E-state index in [2.05, 4.69) is 16.9 Å². The molecule has 2 rings (SSSR count). The lowest BCUT2D eigenvalue weighted by Crippen LogP contribution is -2.08. The monoisotopic (exact) mass is 193 g/mol. The van der Waals surface area contributed by atoms with Gasteiger partial charge in [-0.05, 0) is 14.0 Å². The first kappa shape index (κ1) is 9.27. The van der Waals surface area contributed by atoms with Crippen molar-refractivity contribution in [2.45, 2.75) is 20.0 Å². The molecule has 1 aliphatic rings. The number of nitrogen functional groups attached to an aromatic ring is 1. The van der Waals surface area contributed by atoms with Gasteiger partial charge in [-0.1, -0.05) is 0 Å². The van der Waals surface area contributed by atoms with Crippen LogP contribution in [0.4, 0.5) is 5.69 Å². The third-order valence-electron chi connectivity index (χ3n) is 2.66. The number of methoxy groups -OCH3 is 1. The minimum absolute atomic E-state index is 0.719. The highest BCUT2D eigenvalue weighted by molar-refractivity contribution is 5.58. The van der Waals surface area contributed by atoms with Gasteiger partial charge in [-0.25, -0.2) is 4.98 Å². The number of nitrogens with two attached hydrogens (primary N) is 1. The van der Waals surface area contributed by atoms with Crippen LogP contribution in [0.3, 0.4) is 0 Å². The van der Waals surface area contributed by atoms with E-state index in [0.29, 0.717) is 0 Å². The second-order valence-electron chi connectivity index (χ2n) is 3.75. The molecule has 0 aliphatic carbocycles. The maximum Gasteiger partial charge on any atom is 0.218 e. The van der Waals surface area contributed by atoms with Crippen LogP contribution in [0.1, 0.15) is 16.8 Å². The van der Waals surface area contributed by atoms with Crippen molar-refractivity contribution in [1.29, 1.82) is 0 Å². The first-order valence-electron chi connectivity index (χ1n) is 4.64. The zero-order valence-corrected chi connectivity index (χ0v) is 8.79. The lowest BCUT2D eigenvalue weighted by molar-refractivity contribution is 0.343. The molecule has 0 aromatic carbocycles. The summed E-state index contributed by atoms with van der Waals surface area (Å²) in [4.78, 5) is 6.52. The van der Waals surface area contributed by atoms with E-state index < -0.39 is 0 Å². The first-order valence-corrected chi connectivity index (χ1v) is 4.64. The minimum Gasteiger partial charge on any atom is -0.481 e. The van der Waals surface area contributed by atoms with Gasteiger partial charge in [0, 0.05) is 24.2 Å². The van der Waals surface area contributed by atoms with Gasteiger partial charge >= 0.3 is 0 Å². The van der Waals surface area contributed by atoms with E-state index in [0.717, 1.165) is 35.9 Å². The molecule has 0 atom stereocenters. The van der Waals surface area contributed by atoms with Crippen molar-refractivity contribution in [3.63, 3.8) is 0 Å². The quantitative estimate of drug-likeness (QED) is 0.720. The number of ether oxygens (including phenoxy) is 1. The normalized spacial score (nSPS) is 15.6. The Hall–Kier alpha value is -1.29. The highest BCUT2D eigenvalue weighted by Gasteiger charge is 2.24. The van der Waals surface area contributed by atoms with Crippen LogP contribution < -0.4 is 10.5 Å². The van der Waals surface area contributed by atoms with E-state index in [9.17, 15) is 0 Å². The van der Waals surface area contributed by atoms with Crippen molar-refractivity contribution >= 4 is 5.69 Å². The summed E-state index contributed by atoms with van der Waals surface area (Å²) >= 11 is 0. The van der Waals surface area contributed by atoms with Gasteiger partial charge in [0.1, 0.15) is 0 Å². The van der Waals surface area contributed by atoms with Gasteiger partial charge in [-0.15, -0.1) is 0 Å². The minimum atomic E-state index is 0.719. The fourth-order valence-corrected chi connectivity index (χ4v) is 1.90. The number of pyridine rings is 1. The standard InChI is InChI=1S/C10H15N3O/c1-6-9(11)7-4-13(2)5-8(7)10(12-6)14-3/h4-5,11H2,1-3H3. The van der Waals surface area contributed by atoms with Crippen molar-refractivity contribution in [3.05, 3.63) is 16.8 Å². The van der Waals surface area contributed by atoms with Crippen LogP contribution >= 0.6 is 0 Å². The van der Waals surface area contributed by atoms with E-state index in [1.54, 1.807) is 7.11 Å². The maximum atomic E-state index is 5.98. The first-order chi connectivity index (χ1) is 6.63. The molecule has 4 heteroatoms. The Labute approximate surface area is 83.7 Å². The summed E-state index contributed by atoms with van der Waals surface area (Å²) in [6.07, 6.45) is 0. The summed E-state index contributed by atoms with van der Waals surface area (Å²) in [5.74, 6) is 0.719. The van der Waals surface area contributed by atoms with Crippen LogP contribution in [0.15, 0.2) is 0 Å². The van der Waals surface area contributed by atoms with Crippen LogP contribution in [-0.4, -0.2) is 24.0 Å². The molecule has 0 saturated heterocycles. The van der Waals surface area contributed by atoms with Crippen LogP contribution in [-0.2, 0) is 13.1 Å². The van der Waals surface area contributed by atoms with E-state index in [4.69, 9.17) is 10.5 Å². The van der Waals surface area contributed by atoms with E-state index >= 15 is 0 Å². The highest BCUT2D eigenvalue weighted by Crippen LogP contribution is 2.33. The molecule has 76 valence electrons. The van der Waals surface area contributed by atoms with Gasteiger partial charge in [-0.3, -0.25) is 4.90 Å². The number of hydrogen-bond acceptors (Lipinski definition) is 4. The molecule has 14 heavy (non-hydrogen) atoms. The smallest absolute Gasteiger partial charge is 0.218 e. The second kappa shape index (κ2) is 3.13. The largest absolute Gasteiger partial charge is 0.481 e. The highest BCUT2D eigenvalue weighted by atomic mass is 16.5. The average molecular weight is 193 g/mol. The Balaban J connectivity index is 2.60. The molecule has 0 radical (unpaired) electrons. The third-order valence-corrected chi connectivity index (χ3v) is 2.66. The van der Waals surface area contributed by atoms with Gasteiger partial charge in [0.25, 0.3) is 0 Å². The van der Waals surface area contributed by atoms with Gasteiger partial charge in [0.05, 0.1) is 18.5 Å². The second-order valence-corrected chi connectivity index (χ2v) is 3.75. The number of hydrogen-bond donors (Lipinski definition) is 1. The Morgan fingerprint density at radius 3 is 2.64 bits per heavy atom. The van der Waals surface area contributed by atoms with Crippen molar-refractivity contribution in [3.8, 4) is 5.88 Å². The number of nitrogens with zero attached hydrogens (tertiary/aromatic N) is 2. The van der Waals surface area contributed by atoms with Crippen molar-refractivity contribution < 1.29 is 4.74 Å². The van der Waals surface area contributed by atoms with Crippen LogP contribution in [0, 0.1) is 6.92 Å². The molecule has 1 aliphatic heterocycles. The lowest BCUT2D eigenvalue weighted by atomic mass is 10.1. The van der Waals surface area contributed by atoms with E-state index in [1.165, 1.54) is 5.56 Å². The Kier molecular flexibility index (Phi) is 2.07. The van der Waals surface area contributed by atoms with Crippen molar-refractivity contribution in [2.75, 3.05) is 19.9 Å². The summed E-state index contributed by atoms with van der Waals surface area (Å²) in [5, 5.41) is 0. The Morgan fingerprint density at radius 1 is 1.36 bits per heavy atom. The molecule has 0 saturated carbocycles. The van der Waals surface area contributed by atoms with Gasteiger partial charge in [0.15, 0.2) is 0 Å². The number of fused-ring (bicyclic) bond motifs is 1.